The molecule has 0 saturated carbocycles. The van der Waals surface area contributed by atoms with Crippen molar-refractivity contribution in [2.45, 2.75) is 20.0 Å². The molecule has 0 N–H and O–H groups in total. The predicted molar refractivity (Wildman–Crippen MR) is 117 cm³/mol. The minimum absolute atomic E-state index is 0.246. The Kier molecular flexibility index (Phi) is 7.27. The van der Waals surface area contributed by atoms with Gasteiger partial charge in [-0.05, 0) is 50.2 Å². The van der Waals surface area contributed by atoms with Crippen LogP contribution in [0.25, 0.3) is 11.0 Å². The van der Waals surface area contributed by atoms with Crippen molar-refractivity contribution < 1.29 is 28.6 Å². The van der Waals surface area contributed by atoms with E-state index >= 15 is 0 Å². The third kappa shape index (κ3) is 5.33. The number of nitrogens with zero attached hydrogens (tertiary/aromatic N) is 2. The lowest BCUT2D eigenvalue weighted by atomic mass is 9.96. The molecule has 1 aromatic heterocycles. The van der Waals surface area contributed by atoms with Crippen LogP contribution in [0, 0.1) is 5.92 Å². The number of carbonyl (C=O) groups excluding carboxylic acids is 3. The molecule has 3 aromatic rings. The number of methoxy groups -OCH3 is 1. The van der Waals surface area contributed by atoms with Crippen LogP contribution < -0.4 is 9.47 Å². The highest BCUT2D eigenvalue weighted by Gasteiger charge is 2.36. The van der Waals surface area contributed by atoms with E-state index in [0.29, 0.717) is 32.6 Å². The first-order valence-corrected chi connectivity index (χ1v) is 10.1. The van der Waals surface area contributed by atoms with Crippen LogP contribution in [-0.2, 0) is 19.1 Å². The van der Waals surface area contributed by atoms with Gasteiger partial charge < -0.3 is 14.2 Å². The van der Waals surface area contributed by atoms with Crippen molar-refractivity contribution >= 4 is 51.8 Å². The van der Waals surface area contributed by atoms with Gasteiger partial charge in [0, 0.05) is 0 Å². The normalized spacial score (nSPS) is 12.7. The summed E-state index contributed by atoms with van der Waals surface area (Å²) < 4.78 is 15.8. The van der Waals surface area contributed by atoms with Gasteiger partial charge in [0.2, 0.25) is 5.88 Å². The van der Waals surface area contributed by atoms with Crippen LogP contribution in [0.4, 0.5) is 0 Å². The van der Waals surface area contributed by atoms with E-state index in [4.69, 9.17) is 32.7 Å². The summed E-state index contributed by atoms with van der Waals surface area (Å²) in [5, 5.41) is 0.738. The third-order valence-corrected chi connectivity index (χ3v) is 5.17. The second kappa shape index (κ2) is 9.93. The van der Waals surface area contributed by atoms with E-state index in [-0.39, 0.29) is 5.88 Å². The van der Waals surface area contributed by atoms with Crippen LogP contribution in [0.5, 0.6) is 17.4 Å². The van der Waals surface area contributed by atoms with Crippen molar-refractivity contribution in [2.75, 3.05) is 7.11 Å². The number of rotatable bonds is 8. The molecule has 8 nitrogen and oxygen atoms in total. The first kappa shape index (κ1) is 23.4. The molecule has 32 heavy (non-hydrogen) atoms. The largest absolute Gasteiger partial charge is 0.483 e. The highest BCUT2D eigenvalue weighted by molar-refractivity contribution is 6.42. The second-order valence-electron chi connectivity index (χ2n) is 6.77. The number of fused-ring (bicyclic) bond motifs is 1. The van der Waals surface area contributed by atoms with Crippen LogP contribution in [0.1, 0.15) is 13.8 Å². The second-order valence-corrected chi connectivity index (χ2v) is 7.58. The van der Waals surface area contributed by atoms with Gasteiger partial charge in [0.05, 0.1) is 34.4 Å². The zero-order valence-corrected chi connectivity index (χ0v) is 18.8. The molecule has 2 atom stereocenters. The highest BCUT2D eigenvalue weighted by atomic mass is 35.5. The minimum Gasteiger partial charge on any atom is -0.483 e. The molecular weight excluding hydrogens is 459 g/mol. The first-order chi connectivity index (χ1) is 15.2. The Morgan fingerprint density at radius 3 is 2.16 bits per heavy atom. The number of Topliss-reactive ketones (excluding diaryl/α,β-unsaturated/α-hetero) is 2. The molecule has 10 heteroatoms. The number of benzene rings is 2. The summed E-state index contributed by atoms with van der Waals surface area (Å²) >= 11 is 12.0. The van der Waals surface area contributed by atoms with Crippen molar-refractivity contribution in [1.29, 1.82) is 0 Å². The number of esters is 1. The van der Waals surface area contributed by atoms with E-state index in [1.54, 1.807) is 36.4 Å². The maximum absolute atomic E-state index is 12.4. The molecular formula is C22H18Cl2N2O6. The number of aromatic nitrogens is 2. The lowest BCUT2D eigenvalue weighted by Crippen LogP contribution is -2.39. The molecule has 2 unspecified atom stereocenters. The Balaban J connectivity index is 1.69. The van der Waals surface area contributed by atoms with Gasteiger partial charge in [-0.3, -0.25) is 14.4 Å². The number of halogens is 2. The van der Waals surface area contributed by atoms with Crippen molar-refractivity contribution in [2.24, 2.45) is 5.92 Å². The number of ether oxygens (including phenoxy) is 3. The molecule has 0 bridgehead atoms. The zero-order valence-electron chi connectivity index (χ0n) is 17.3. The number of hydrogen-bond donors (Lipinski definition) is 0. The van der Waals surface area contributed by atoms with Gasteiger partial charge in [-0.2, -0.15) is 0 Å². The summed E-state index contributed by atoms with van der Waals surface area (Å²) in [5.74, 6) is -2.70. The Morgan fingerprint density at radius 1 is 0.969 bits per heavy atom. The third-order valence-electron chi connectivity index (χ3n) is 4.45. The lowest BCUT2D eigenvalue weighted by Gasteiger charge is -2.17. The average molecular weight is 477 g/mol. The highest BCUT2D eigenvalue weighted by Crippen LogP contribution is 2.28. The van der Waals surface area contributed by atoms with Crippen molar-refractivity contribution in [3.8, 4) is 17.4 Å². The maximum Gasteiger partial charge on any atom is 0.323 e. The van der Waals surface area contributed by atoms with Crippen LogP contribution in [0.15, 0.2) is 42.6 Å². The Bertz CT molecular complexity index is 1180. The molecule has 0 aliphatic heterocycles. The van der Waals surface area contributed by atoms with Crippen molar-refractivity contribution in [3.05, 3.63) is 52.6 Å². The molecule has 3 rings (SSSR count). The molecule has 166 valence electrons. The van der Waals surface area contributed by atoms with Gasteiger partial charge in [-0.1, -0.05) is 23.2 Å². The van der Waals surface area contributed by atoms with E-state index < -0.39 is 29.6 Å². The number of ketones is 2. The molecule has 0 radical (unpaired) electrons. The number of carbonyl (C=O) groups is 3. The molecule has 0 saturated heterocycles. The molecule has 0 amide bonds. The number of hydrogen-bond acceptors (Lipinski definition) is 8. The van der Waals surface area contributed by atoms with Crippen LogP contribution in [-0.4, -0.2) is 40.7 Å². The summed E-state index contributed by atoms with van der Waals surface area (Å²) in [6.45, 7) is 2.60. The summed E-state index contributed by atoms with van der Waals surface area (Å²) in [5.41, 5.74) is 1.10. The summed E-state index contributed by atoms with van der Waals surface area (Å²) in [6.07, 6.45) is 0.407. The van der Waals surface area contributed by atoms with Gasteiger partial charge in [0.15, 0.2) is 23.6 Å². The average Bonchev–Trinajstić information content (AvgIpc) is 2.75. The topological polar surface area (TPSA) is 105 Å². The monoisotopic (exact) mass is 476 g/mol. The maximum atomic E-state index is 12.4. The zero-order chi connectivity index (χ0) is 23.4. The van der Waals surface area contributed by atoms with Gasteiger partial charge in [0.25, 0.3) is 0 Å². The SMILES string of the molecule is COC(=O)C(C(C)=O)C(=O)C(C)Oc1ccc(Oc2cnc3cc(Cl)c(Cl)cc3n2)cc1. The fourth-order valence-corrected chi connectivity index (χ4v) is 3.16. The molecule has 2 aromatic carbocycles. The molecule has 0 fully saturated rings. The summed E-state index contributed by atoms with van der Waals surface area (Å²) in [7, 11) is 1.11. The van der Waals surface area contributed by atoms with E-state index in [2.05, 4.69) is 14.7 Å². The molecule has 0 aliphatic rings. The minimum atomic E-state index is -1.52. The first-order valence-electron chi connectivity index (χ1n) is 9.38. The van der Waals surface area contributed by atoms with Gasteiger partial charge in [0.1, 0.15) is 11.5 Å². The quantitative estimate of drug-likeness (QED) is 0.346. The van der Waals surface area contributed by atoms with Crippen LogP contribution >= 0.6 is 23.2 Å². The molecule has 1 heterocycles. The van der Waals surface area contributed by atoms with Crippen LogP contribution in [0.2, 0.25) is 10.0 Å². The Hall–Kier alpha value is -3.23. The van der Waals surface area contributed by atoms with E-state index in [9.17, 15) is 14.4 Å². The molecule has 0 aliphatic carbocycles. The Labute approximate surface area is 193 Å². The van der Waals surface area contributed by atoms with E-state index in [1.165, 1.54) is 13.1 Å². The summed E-state index contributed by atoms with van der Waals surface area (Å²) in [6, 6.07) is 9.57. The van der Waals surface area contributed by atoms with Gasteiger partial charge >= 0.3 is 5.97 Å². The summed E-state index contributed by atoms with van der Waals surface area (Å²) in [4.78, 5) is 44.4. The fraction of sp³-hybridized carbons (Fsp3) is 0.227. The smallest absolute Gasteiger partial charge is 0.323 e. The van der Waals surface area contributed by atoms with Crippen molar-refractivity contribution in [1.82, 2.24) is 9.97 Å². The van der Waals surface area contributed by atoms with Gasteiger partial charge in [-0.15, -0.1) is 0 Å². The van der Waals surface area contributed by atoms with E-state index in [0.717, 1.165) is 14.0 Å². The fourth-order valence-electron chi connectivity index (χ4n) is 2.84. The standard InChI is InChI=1S/C22H18Cl2N2O6/c1-11(27)20(22(29)30-3)21(28)12(2)31-13-4-6-14(7-5-13)32-19-10-25-17-8-15(23)16(24)9-18(17)26-19/h4-10,12,20H,1-3H3. The Morgan fingerprint density at radius 2 is 1.56 bits per heavy atom. The van der Waals surface area contributed by atoms with Gasteiger partial charge in [-0.25, -0.2) is 9.97 Å². The lowest BCUT2D eigenvalue weighted by molar-refractivity contribution is -0.154. The predicted octanol–water partition coefficient (Wildman–Crippen LogP) is 4.44. The van der Waals surface area contributed by atoms with E-state index in [1.807, 2.05) is 0 Å². The van der Waals surface area contributed by atoms with Crippen molar-refractivity contribution in [3.63, 3.8) is 0 Å². The van der Waals surface area contributed by atoms with Crippen LogP contribution in [0.3, 0.4) is 0 Å². The molecule has 0 spiro atoms.